The number of carbonyl (C=O) groups is 1. The molecule has 2 N–H and O–H groups in total. The van der Waals surface area contributed by atoms with Crippen LogP contribution in [0.1, 0.15) is 29.7 Å². The summed E-state index contributed by atoms with van der Waals surface area (Å²) in [5.41, 5.74) is 3.74. The highest BCUT2D eigenvalue weighted by Crippen LogP contribution is 2.28. The Kier molecular flexibility index (Phi) is 6.87. The van der Waals surface area contributed by atoms with Gasteiger partial charge in [-0.05, 0) is 71.6 Å². The molecule has 0 aliphatic rings. The van der Waals surface area contributed by atoms with Crippen molar-refractivity contribution in [2.24, 2.45) is 0 Å². The van der Waals surface area contributed by atoms with Crippen LogP contribution in [0.5, 0.6) is 5.75 Å². The second kappa shape index (κ2) is 8.70. The first-order chi connectivity index (χ1) is 11.8. The minimum atomic E-state index is -0.131. The number of methoxy groups -OCH3 is 1. The van der Waals surface area contributed by atoms with Crippen molar-refractivity contribution < 1.29 is 9.53 Å². The van der Waals surface area contributed by atoms with Crippen LogP contribution in [0.2, 0.25) is 5.02 Å². The predicted molar refractivity (Wildman–Crippen MR) is 107 cm³/mol. The lowest BCUT2D eigenvalue weighted by atomic mass is 10.1. The fraction of sp³-hybridized carbons (Fsp3) is 0.316. The number of hydrogen-bond donors (Lipinski definition) is 2. The molecule has 0 aliphatic heterocycles. The lowest BCUT2D eigenvalue weighted by molar-refractivity contribution is -0.115. The topological polar surface area (TPSA) is 50.4 Å². The Morgan fingerprint density at radius 2 is 2.00 bits per heavy atom. The normalized spacial score (nSPS) is 11.9. The summed E-state index contributed by atoms with van der Waals surface area (Å²) in [6.07, 6.45) is 0. The van der Waals surface area contributed by atoms with E-state index < -0.39 is 0 Å². The van der Waals surface area contributed by atoms with Crippen molar-refractivity contribution in [3.05, 3.63) is 56.5 Å². The molecule has 2 aromatic carbocycles. The lowest BCUT2D eigenvalue weighted by Gasteiger charge is -2.16. The summed E-state index contributed by atoms with van der Waals surface area (Å²) in [6.45, 7) is 6.10. The zero-order valence-electron chi connectivity index (χ0n) is 14.7. The van der Waals surface area contributed by atoms with Crippen LogP contribution in [0, 0.1) is 13.8 Å². The van der Waals surface area contributed by atoms with Gasteiger partial charge in [-0.25, -0.2) is 0 Å². The van der Waals surface area contributed by atoms with Gasteiger partial charge in [0.05, 0.1) is 28.8 Å². The second-order valence-electron chi connectivity index (χ2n) is 5.98. The quantitative estimate of drug-likeness (QED) is 0.683. The van der Waals surface area contributed by atoms with Crippen molar-refractivity contribution in [1.82, 2.24) is 5.32 Å². The molecule has 25 heavy (non-hydrogen) atoms. The van der Waals surface area contributed by atoms with Crippen LogP contribution in [0.25, 0.3) is 0 Å². The minimum absolute atomic E-state index is 0.0162. The molecule has 0 aromatic heterocycles. The van der Waals surface area contributed by atoms with Crippen LogP contribution in [0.15, 0.2) is 34.8 Å². The van der Waals surface area contributed by atoms with Crippen molar-refractivity contribution in [1.29, 1.82) is 0 Å². The van der Waals surface area contributed by atoms with Crippen LogP contribution < -0.4 is 15.4 Å². The maximum Gasteiger partial charge on any atom is 0.238 e. The average Bonchev–Trinajstić information content (AvgIpc) is 2.55. The number of halogens is 2. The summed E-state index contributed by atoms with van der Waals surface area (Å²) in [5, 5.41) is 6.65. The molecule has 6 heteroatoms. The molecule has 0 bridgehead atoms. The van der Waals surface area contributed by atoms with E-state index in [2.05, 4.69) is 26.6 Å². The van der Waals surface area contributed by atoms with Gasteiger partial charge in [-0.15, -0.1) is 0 Å². The van der Waals surface area contributed by atoms with Gasteiger partial charge in [-0.3, -0.25) is 4.79 Å². The molecular weight excluding hydrogens is 404 g/mol. The first-order valence-electron chi connectivity index (χ1n) is 7.95. The third-order valence-corrected chi connectivity index (χ3v) is 4.86. The van der Waals surface area contributed by atoms with Crippen LogP contribution in [0.3, 0.4) is 0 Å². The molecule has 2 aromatic rings. The van der Waals surface area contributed by atoms with Crippen LogP contribution in [0.4, 0.5) is 5.69 Å². The molecule has 0 heterocycles. The standard InChI is InChI=1S/C19H22BrClN2O2/c1-11-7-12(2)19(16(21)8-11)23-18(24)10-22-13(3)14-5-6-17(25-4)15(20)9-14/h5-9,13,22H,10H2,1-4H3,(H,23,24). The lowest BCUT2D eigenvalue weighted by Crippen LogP contribution is -2.30. The summed E-state index contributed by atoms with van der Waals surface area (Å²) in [4.78, 5) is 12.2. The number of anilines is 1. The first-order valence-corrected chi connectivity index (χ1v) is 9.12. The molecule has 1 amide bonds. The van der Waals surface area contributed by atoms with Gasteiger partial charge < -0.3 is 15.4 Å². The van der Waals surface area contributed by atoms with Crippen molar-refractivity contribution in [3.63, 3.8) is 0 Å². The number of nitrogens with one attached hydrogen (secondary N) is 2. The van der Waals surface area contributed by atoms with Crippen LogP contribution >= 0.6 is 27.5 Å². The van der Waals surface area contributed by atoms with Gasteiger partial charge in [-0.2, -0.15) is 0 Å². The fourth-order valence-electron chi connectivity index (χ4n) is 2.57. The molecule has 0 radical (unpaired) electrons. The number of rotatable bonds is 6. The van der Waals surface area contributed by atoms with Crippen molar-refractivity contribution >= 4 is 39.1 Å². The van der Waals surface area contributed by atoms with Gasteiger partial charge in [0.1, 0.15) is 5.75 Å². The molecular formula is C19H22BrClN2O2. The second-order valence-corrected chi connectivity index (χ2v) is 7.24. The third kappa shape index (κ3) is 5.21. The summed E-state index contributed by atoms with van der Waals surface area (Å²) >= 11 is 9.71. The summed E-state index contributed by atoms with van der Waals surface area (Å²) in [5.74, 6) is 0.645. The highest BCUT2D eigenvalue weighted by molar-refractivity contribution is 9.10. The molecule has 0 aliphatic carbocycles. The minimum Gasteiger partial charge on any atom is -0.496 e. The molecule has 0 fully saturated rings. The van der Waals surface area contributed by atoms with Crippen LogP contribution in [-0.4, -0.2) is 19.6 Å². The van der Waals surface area contributed by atoms with Crippen molar-refractivity contribution in [2.45, 2.75) is 26.8 Å². The van der Waals surface area contributed by atoms with Gasteiger partial charge in [0, 0.05) is 6.04 Å². The number of hydrogen-bond acceptors (Lipinski definition) is 3. The average molecular weight is 426 g/mol. The zero-order valence-corrected chi connectivity index (χ0v) is 17.1. The monoisotopic (exact) mass is 424 g/mol. The number of ether oxygens (including phenoxy) is 1. The number of amides is 1. The molecule has 0 saturated carbocycles. The van der Waals surface area contributed by atoms with E-state index >= 15 is 0 Å². The predicted octanol–water partition coefficient (Wildman–Crippen LogP) is 5.02. The summed E-state index contributed by atoms with van der Waals surface area (Å²) < 4.78 is 6.11. The highest BCUT2D eigenvalue weighted by Gasteiger charge is 2.12. The Morgan fingerprint density at radius 3 is 2.60 bits per heavy atom. The molecule has 0 spiro atoms. The third-order valence-electron chi connectivity index (χ3n) is 3.94. The fourth-order valence-corrected chi connectivity index (χ4v) is 3.50. The molecule has 1 unspecified atom stereocenters. The SMILES string of the molecule is COc1ccc(C(C)NCC(=O)Nc2c(C)cc(C)cc2Cl)cc1Br. The number of benzene rings is 2. The van der Waals surface area contributed by atoms with Gasteiger partial charge in [0.25, 0.3) is 0 Å². The van der Waals surface area contributed by atoms with E-state index in [1.165, 1.54) is 0 Å². The Morgan fingerprint density at radius 1 is 1.28 bits per heavy atom. The van der Waals surface area contributed by atoms with E-state index in [1.54, 1.807) is 7.11 Å². The van der Waals surface area contributed by atoms with Gasteiger partial charge in [0.15, 0.2) is 0 Å². The van der Waals surface area contributed by atoms with E-state index in [1.807, 2.05) is 51.1 Å². The van der Waals surface area contributed by atoms with Gasteiger partial charge >= 0.3 is 0 Å². The molecule has 1 atom stereocenters. The maximum atomic E-state index is 12.2. The van der Waals surface area contributed by atoms with E-state index in [0.717, 1.165) is 26.9 Å². The molecule has 0 saturated heterocycles. The van der Waals surface area contributed by atoms with E-state index in [4.69, 9.17) is 16.3 Å². The van der Waals surface area contributed by atoms with Crippen molar-refractivity contribution in [3.8, 4) is 5.75 Å². The van der Waals surface area contributed by atoms with Gasteiger partial charge in [0.2, 0.25) is 5.91 Å². The summed E-state index contributed by atoms with van der Waals surface area (Å²) in [7, 11) is 1.63. The van der Waals surface area contributed by atoms with E-state index in [9.17, 15) is 4.79 Å². The highest BCUT2D eigenvalue weighted by atomic mass is 79.9. The van der Waals surface area contributed by atoms with Crippen molar-refractivity contribution in [2.75, 3.05) is 19.0 Å². The van der Waals surface area contributed by atoms with Gasteiger partial charge in [-0.1, -0.05) is 23.7 Å². The Labute approximate surface area is 162 Å². The largest absolute Gasteiger partial charge is 0.496 e. The Hall–Kier alpha value is -1.56. The van der Waals surface area contributed by atoms with E-state index in [0.29, 0.717) is 10.7 Å². The smallest absolute Gasteiger partial charge is 0.238 e. The molecule has 2 rings (SSSR count). The summed E-state index contributed by atoms with van der Waals surface area (Å²) in [6, 6.07) is 9.70. The molecule has 134 valence electrons. The number of aryl methyl sites for hydroxylation is 2. The first kappa shape index (κ1) is 19.8. The number of carbonyl (C=O) groups excluding carboxylic acids is 1. The Bertz CT molecular complexity index is 757. The van der Waals surface area contributed by atoms with E-state index in [-0.39, 0.29) is 18.5 Å². The molecule has 4 nitrogen and oxygen atoms in total. The van der Waals surface area contributed by atoms with Crippen LogP contribution in [-0.2, 0) is 4.79 Å². The maximum absolute atomic E-state index is 12.2. The zero-order chi connectivity index (χ0) is 18.6. The Balaban J connectivity index is 1.97.